The summed E-state index contributed by atoms with van der Waals surface area (Å²) in [5.74, 6) is 0.734. The third-order valence-electron chi connectivity index (χ3n) is 3.33. The summed E-state index contributed by atoms with van der Waals surface area (Å²) in [6.07, 6.45) is 0. The lowest BCUT2D eigenvalue weighted by Crippen LogP contribution is -2.15. The standard InChI is InChI=1S/C15H13N3O4/c1-7(19)13-17-14-9(15(20)18-13)4-8-5-11(21-2)12(22-3)6-10(8)16-14/h4-6H,1-3H3,(H,16,17,18,20). The zero-order chi connectivity index (χ0) is 15.9. The molecule has 0 saturated heterocycles. The predicted molar refractivity (Wildman–Crippen MR) is 80.8 cm³/mol. The van der Waals surface area contributed by atoms with Crippen LogP contribution in [0.1, 0.15) is 17.5 Å². The Morgan fingerprint density at radius 3 is 2.41 bits per heavy atom. The van der Waals surface area contributed by atoms with Gasteiger partial charge >= 0.3 is 0 Å². The summed E-state index contributed by atoms with van der Waals surface area (Å²) in [5.41, 5.74) is 0.408. The lowest BCUT2D eigenvalue weighted by Gasteiger charge is -2.09. The number of nitrogens with one attached hydrogen (secondary N) is 1. The maximum Gasteiger partial charge on any atom is 0.260 e. The summed E-state index contributed by atoms with van der Waals surface area (Å²) in [6.45, 7) is 1.33. The number of carbonyl (C=O) groups excluding carboxylic acids is 1. The normalized spacial score (nSPS) is 10.9. The molecule has 0 bridgehead atoms. The summed E-state index contributed by atoms with van der Waals surface area (Å²) in [7, 11) is 3.06. The molecule has 1 N–H and O–H groups in total. The molecule has 3 rings (SSSR count). The highest BCUT2D eigenvalue weighted by molar-refractivity contribution is 5.95. The molecule has 3 aromatic rings. The number of carbonyl (C=O) groups is 1. The Balaban J connectivity index is 2.38. The van der Waals surface area contributed by atoms with E-state index in [0.29, 0.717) is 27.8 Å². The third-order valence-corrected chi connectivity index (χ3v) is 3.33. The average Bonchev–Trinajstić information content (AvgIpc) is 2.51. The van der Waals surface area contributed by atoms with Crippen LogP contribution in [0, 0.1) is 0 Å². The van der Waals surface area contributed by atoms with Crippen LogP contribution < -0.4 is 15.0 Å². The largest absolute Gasteiger partial charge is 0.493 e. The van der Waals surface area contributed by atoms with Crippen LogP contribution in [0.4, 0.5) is 0 Å². The molecule has 0 aliphatic carbocycles. The number of hydrogen-bond acceptors (Lipinski definition) is 6. The molecule has 7 heteroatoms. The molecule has 2 heterocycles. The van der Waals surface area contributed by atoms with Crippen molar-refractivity contribution in [2.75, 3.05) is 14.2 Å². The second kappa shape index (κ2) is 5.10. The zero-order valence-electron chi connectivity index (χ0n) is 12.3. The van der Waals surface area contributed by atoms with Crippen LogP contribution in [0.15, 0.2) is 23.0 Å². The van der Waals surface area contributed by atoms with Crippen molar-refractivity contribution in [3.8, 4) is 11.5 Å². The van der Waals surface area contributed by atoms with Crippen molar-refractivity contribution in [3.63, 3.8) is 0 Å². The quantitative estimate of drug-likeness (QED) is 0.584. The molecule has 22 heavy (non-hydrogen) atoms. The number of pyridine rings is 1. The van der Waals surface area contributed by atoms with Crippen molar-refractivity contribution in [2.24, 2.45) is 0 Å². The fourth-order valence-corrected chi connectivity index (χ4v) is 2.22. The van der Waals surface area contributed by atoms with E-state index in [-0.39, 0.29) is 17.3 Å². The van der Waals surface area contributed by atoms with E-state index < -0.39 is 5.56 Å². The summed E-state index contributed by atoms with van der Waals surface area (Å²) in [6, 6.07) is 5.10. The molecule has 0 unspecified atom stereocenters. The molecule has 1 aromatic carbocycles. The molecule has 0 atom stereocenters. The molecule has 0 spiro atoms. The van der Waals surface area contributed by atoms with E-state index in [2.05, 4.69) is 15.0 Å². The highest BCUT2D eigenvalue weighted by Crippen LogP contribution is 2.32. The molecule has 0 radical (unpaired) electrons. The molecule has 2 aromatic heterocycles. The van der Waals surface area contributed by atoms with Gasteiger partial charge in [0.2, 0.25) is 0 Å². The van der Waals surface area contributed by atoms with Crippen LogP contribution in [-0.4, -0.2) is 35.0 Å². The summed E-state index contributed by atoms with van der Waals surface area (Å²) in [5, 5.41) is 1.03. The Morgan fingerprint density at radius 2 is 1.77 bits per heavy atom. The fraction of sp³-hybridized carbons (Fsp3) is 0.200. The average molecular weight is 299 g/mol. The number of ether oxygens (including phenoxy) is 2. The van der Waals surface area contributed by atoms with Crippen LogP contribution in [0.2, 0.25) is 0 Å². The molecule has 0 aliphatic heterocycles. The van der Waals surface area contributed by atoms with Crippen molar-refractivity contribution in [1.82, 2.24) is 15.0 Å². The van der Waals surface area contributed by atoms with E-state index in [1.54, 1.807) is 18.2 Å². The molecular formula is C15H13N3O4. The van der Waals surface area contributed by atoms with Gasteiger partial charge < -0.3 is 14.5 Å². The van der Waals surface area contributed by atoms with Crippen molar-refractivity contribution in [2.45, 2.75) is 6.92 Å². The molecule has 0 fully saturated rings. The first-order valence-electron chi connectivity index (χ1n) is 6.51. The monoisotopic (exact) mass is 299 g/mol. The number of rotatable bonds is 3. The van der Waals surface area contributed by atoms with E-state index in [0.717, 1.165) is 0 Å². The van der Waals surface area contributed by atoms with Crippen molar-refractivity contribution >= 4 is 27.7 Å². The Labute approximate surface area is 124 Å². The lowest BCUT2D eigenvalue weighted by atomic mass is 10.1. The molecule has 0 saturated carbocycles. The van der Waals surface area contributed by atoms with E-state index >= 15 is 0 Å². The minimum atomic E-state index is -0.403. The highest BCUT2D eigenvalue weighted by atomic mass is 16.5. The number of hydrogen-bond donors (Lipinski definition) is 1. The summed E-state index contributed by atoms with van der Waals surface area (Å²) < 4.78 is 10.5. The van der Waals surface area contributed by atoms with Gasteiger partial charge in [-0.1, -0.05) is 0 Å². The molecule has 7 nitrogen and oxygen atoms in total. The van der Waals surface area contributed by atoms with Gasteiger partial charge in [-0.05, 0) is 12.1 Å². The Hall–Kier alpha value is -2.96. The van der Waals surface area contributed by atoms with E-state index in [9.17, 15) is 9.59 Å². The van der Waals surface area contributed by atoms with Crippen LogP contribution >= 0.6 is 0 Å². The fourth-order valence-electron chi connectivity index (χ4n) is 2.22. The van der Waals surface area contributed by atoms with Gasteiger partial charge in [0, 0.05) is 18.4 Å². The van der Waals surface area contributed by atoms with Gasteiger partial charge in [-0.15, -0.1) is 0 Å². The lowest BCUT2D eigenvalue weighted by molar-refractivity contribution is 0.100. The second-order valence-corrected chi connectivity index (χ2v) is 4.73. The molecule has 112 valence electrons. The Morgan fingerprint density at radius 1 is 1.09 bits per heavy atom. The first kappa shape index (κ1) is 14.0. The number of Topliss-reactive ketones (excluding diaryl/α,β-unsaturated/α-hetero) is 1. The van der Waals surface area contributed by atoms with Gasteiger partial charge in [0.05, 0.1) is 25.1 Å². The van der Waals surface area contributed by atoms with Crippen molar-refractivity contribution in [3.05, 3.63) is 34.4 Å². The first-order valence-corrected chi connectivity index (χ1v) is 6.51. The molecule has 0 aliphatic rings. The number of fused-ring (bicyclic) bond motifs is 2. The zero-order valence-corrected chi connectivity index (χ0v) is 12.3. The minimum absolute atomic E-state index is 0.00942. The highest BCUT2D eigenvalue weighted by Gasteiger charge is 2.12. The topological polar surface area (TPSA) is 94.2 Å². The van der Waals surface area contributed by atoms with Gasteiger partial charge in [0.25, 0.3) is 5.56 Å². The van der Waals surface area contributed by atoms with Crippen molar-refractivity contribution < 1.29 is 14.3 Å². The second-order valence-electron chi connectivity index (χ2n) is 4.73. The SMILES string of the molecule is COc1cc2cc3c(=O)[nH]c(C(C)=O)nc3nc2cc1OC. The maximum absolute atomic E-state index is 12.1. The van der Waals surface area contributed by atoms with Crippen LogP contribution in [0.25, 0.3) is 21.9 Å². The van der Waals surface area contributed by atoms with Crippen LogP contribution in [0.5, 0.6) is 11.5 Å². The van der Waals surface area contributed by atoms with E-state index in [1.165, 1.54) is 21.1 Å². The van der Waals surface area contributed by atoms with Gasteiger partial charge in [0.15, 0.2) is 28.8 Å². The summed E-state index contributed by atoms with van der Waals surface area (Å²) in [4.78, 5) is 34.4. The summed E-state index contributed by atoms with van der Waals surface area (Å²) >= 11 is 0. The smallest absolute Gasteiger partial charge is 0.260 e. The van der Waals surface area contributed by atoms with Gasteiger partial charge in [-0.25, -0.2) is 9.97 Å². The third kappa shape index (κ3) is 2.16. The van der Waals surface area contributed by atoms with E-state index in [1.807, 2.05) is 0 Å². The predicted octanol–water partition coefficient (Wildman–Crippen LogP) is 1.69. The number of methoxy groups -OCH3 is 2. The van der Waals surface area contributed by atoms with Crippen LogP contribution in [0.3, 0.4) is 0 Å². The number of aromatic nitrogens is 3. The molecule has 0 amide bonds. The van der Waals surface area contributed by atoms with E-state index in [4.69, 9.17) is 9.47 Å². The minimum Gasteiger partial charge on any atom is -0.493 e. The van der Waals surface area contributed by atoms with Gasteiger partial charge in [-0.3, -0.25) is 9.59 Å². The number of benzene rings is 1. The van der Waals surface area contributed by atoms with Gasteiger partial charge in [-0.2, -0.15) is 0 Å². The van der Waals surface area contributed by atoms with Crippen molar-refractivity contribution in [1.29, 1.82) is 0 Å². The Kier molecular flexibility index (Phi) is 3.25. The number of H-pyrrole nitrogens is 1. The first-order chi connectivity index (χ1) is 10.5. The van der Waals surface area contributed by atoms with Gasteiger partial charge in [0.1, 0.15) is 0 Å². The Bertz CT molecular complexity index is 962. The number of aromatic amines is 1. The number of nitrogens with zero attached hydrogens (tertiary/aromatic N) is 2. The maximum atomic E-state index is 12.1. The number of ketones is 1. The van der Waals surface area contributed by atoms with Crippen LogP contribution in [-0.2, 0) is 0 Å². The molecular weight excluding hydrogens is 286 g/mol.